The van der Waals surface area contributed by atoms with Crippen LogP contribution in [0, 0.1) is 0 Å². The van der Waals surface area contributed by atoms with E-state index >= 15 is 0 Å². The summed E-state index contributed by atoms with van der Waals surface area (Å²) < 4.78 is 69.9. The van der Waals surface area contributed by atoms with Crippen LogP contribution in [0.1, 0.15) is 206 Å². The molecule has 15 N–H and O–H groups in total. The molecule has 4 fully saturated rings. The molecule has 0 bridgehead atoms. The molecular formula is C61H113O28P. The summed E-state index contributed by atoms with van der Waals surface area (Å²) in [5.74, 6) is -1.39. The molecule has 4 rings (SSSR count). The third kappa shape index (κ3) is 27.4. The summed E-state index contributed by atoms with van der Waals surface area (Å²) in [6.45, 7) is 0.0803. The Bertz CT molecular complexity index is 1950. The largest absolute Gasteiger partial charge is 0.472 e. The minimum Gasteiger partial charge on any atom is -0.462 e. The molecule has 90 heavy (non-hydrogen) atoms. The fourth-order valence-corrected chi connectivity index (χ4v) is 12.5. The second-order valence-corrected chi connectivity index (χ2v) is 26.1. The molecule has 3 heterocycles. The van der Waals surface area contributed by atoms with Crippen molar-refractivity contribution in [1.82, 2.24) is 0 Å². The van der Waals surface area contributed by atoms with Gasteiger partial charge in [0.2, 0.25) is 0 Å². The molecule has 1 saturated carbocycles. The van der Waals surface area contributed by atoms with Crippen molar-refractivity contribution in [2.24, 2.45) is 0 Å². The van der Waals surface area contributed by atoms with Gasteiger partial charge < -0.3 is 114 Å². The zero-order chi connectivity index (χ0) is 66.2. The van der Waals surface area contributed by atoms with Crippen LogP contribution in [0.15, 0.2) is 0 Å². The van der Waals surface area contributed by atoms with E-state index in [1.54, 1.807) is 0 Å². The molecule has 23 atom stereocenters. The molecule has 1 aliphatic carbocycles. The molecular weight excluding hydrogens is 1210 g/mol. The van der Waals surface area contributed by atoms with Crippen LogP contribution < -0.4 is 0 Å². The van der Waals surface area contributed by atoms with E-state index < -0.39 is 188 Å². The molecule has 0 aromatic heterocycles. The van der Waals surface area contributed by atoms with Crippen molar-refractivity contribution in [1.29, 1.82) is 0 Å². The van der Waals surface area contributed by atoms with Gasteiger partial charge in [-0.15, -0.1) is 0 Å². The number of ether oxygens (including phenoxy) is 8. The van der Waals surface area contributed by atoms with Gasteiger partial charge in [-0.25, -0.2) is 4.57 Å². The predicted molar refractivity (Wildman–Crippen MR) is 319 cm³/mol. The minimum absolute atomic E-state index is 0.0250. The molecule has 4 aliphatic rings. The summed E-state index contributed by atoms with van der Waals surface area (Å²) in [7, 11) is -5.75. The van der Waals surface area contributed by atoms with Gasteiger partial charge in [-0.3, -0.25) is 18.6 Å². The van der Waals surface area contributed by atoms with Gasteiger partial charge in [0, 0.05) is 12.8 Å². The molecule has 10 unspecified atom stereocenters. The Labute approximate surface area is 530 Å². The van der Waals surface area contributed by atoms with Crippen LogP contribution in [0.3, 0.4) is 0 Å². The Morgan fingerprint density at radius 3 is 1.13 bits per heavy atom. The van der Waals surface area contributed by atoms with Crippen LogP contribution in [0.4, 0.5) is 0 Å². The average molecular weight is 1330 g/mol. The highest BCUT2D eigenvalue weighted by atomic mass is 31.2. The maximum absolute atomic E-state index is 14.3. The van der Waals surface area contributed by atoms with E-state index in [2.05, 4.69) is 13.8 Å². The summed E-state index contributed by atoms with van der Waals surface area (Å²) in [6, 6.07) is 0. The fourth-order valence-electron chi connectivity index (χ4n) is 11.6. The smallest absolute Gasteiger partial charge is 0.462 e. The SMILES string of the molecule is CCCCCCCCCCCCCCCCCC(=O)OC[C@H](COP(=O)(O)O[C@@H]1C(O[C@@H]2OC(CO[C@@H]3OC(CO)[C@H](O)C(O)[C@@H]3O)[C@H](O)C(O)[C@@H]2O)C(O)[C@@H](O)C(O)[C@H]1O[C@H]1OC(CO)[C@@H](O)C(O)[C@H]1O)OC(=O)CCCCCCCCCCCCCCC. The van der Waals surface area contributed by atoms with E-state index in [-0.39, 0.29) is 12.8 Å². The summed E-state index contributed by atoms with van der Waals surface area (Å²) in [5, 5.41) is 150. The average Bonchev–Trinajstić information content (AvgIpc) is 0.786. The summed E-state index contributed by atoms with van der Waals surface area (Å²) in [4.78, 5) is 37.9. The van der Waals surface area contributed by atoms with Crippen molar-refractivity contribution in [2.45, 2.75) is 341 Å². The van der Waals surface area contributed by atoms with Crippen LogP contribution in [0.5, 0.6) is 0 Å². The molecule has 0 spiro atoms. The molecule has 0 radical (unpaired) electrons. The second-order valence-electron chi connectivity index (χ2n) is 24.7. The van der Waals surface area contributed by atoms with Crippen molar-refractivity contribution in [3.63, 3.8) is 0 Å². The minimum atomic E-state index is -5.75. The second kappa shape index (κ2) is 44.1. The third-order valence-electron chi connectivity index (χ3n) is 17.3. The van der Waals surface area contributed by atoms with Gasteiger partial charge in [-0.05, 0) is 12.8 Å². The van der Waals surface area contributed by atoms with Crippen molar-refractivity contribution >= 4 is 19.8 Å². The first-order chi connectivity index (χ1) is 43.1. The molecule has 29 heteroatoms. The number of aliphatic hydroxyl groups excluding tert-OH is 14. The first-order valence-corrected chi connectivity index (χ1v) is 34.9. The van der Waals surface area contributed by atoms with E-state index in [1.165, 1.54) is 103 Å². The predicted octanol–water partition coefficient (Wildman–Crippen LogP) is 1.98. The normalized spacial score (nSPS) is 34.2. The maximum atomic E-state index is 14.3. The number of aliphatic hydroxyl groups is 14. The summed E-state index contributed by atoms with van der Waals surface area (Å²) in [5.41, 5.74) is 0. The van der Waals surface area contributed by atoms with Gasteiger partial charge in [0.1, 0.15) is 116 Å². The van der Waals surface area contributed by atoms with Gasteiger partial charge in [0.25, 0.3) is 0 Å². The number of carbonyl (C=O) groups is 2. The zero-order valence-electron chi connectivity index (χ0n) is 52.9. The van der Waals surface area contributed by atoms with E-state index in [9.17, 15) is 90.5 Å². The first-order valence-electron chi connectivity index (χ1n) is 33.4. The lowest BCUT2D eigenvalue weighted by Crippen LogP contribution is -2.69. The number of hydrogen-bond acceptors (Lipinski definition) is 27. The fraction of sp³-hybridized carbons (Fsp3) is 0.967. The molecule has 0 aromatic rings. The van der Waals surface area contributed by atoms with Crippen molar-refractivity contribution in [2.75, 3.05) is 33.0 Å². The molecule has 0 amide bonds. The van der Waals surface area contributed by atoms with Crippen molar-refractivity contribution in [3.05, 3.63) is 0 Å². The van der Waals surface area contributed by atoms with Gasteiger partial charge >= 0.3 is 19.8 Å². The Morgan fingerprint density at radius 2 is 0.733 bits per heavy atom. The quantitative estimate of drug-likeness (QED) is 0.0235. The topological polar surface area (TPSA) is 447 Å². The highest BCUT2D eigenvalue weighted by molar-refractivity contribution is 7.47. The first kappa shape index (κ1) is 80.7. The van der Waals surface area contributed by atoms with Crippen molar-refractivity contribution in [3.8, 4) is 0 Å². The summed E-state index contributed by atoms with van der Waals surface area (Å²) in [6.07, 6.45) is -14.8. The summed E-state index contributed by atoms with van der Waals surface area (Å²) >= 11 is 0. The van der Waals surface area contributed by atoms with E-state index in [0.29, 0.717) is 19.3 Å². The molecule has 28 nitrogen and oxygen atoms in total. The molecule has 3 aliphatic heterocycles. The standard InChI is InChI=1S/C61H113O28P/c1-3-5-7-9-11-13-15-17-18-20-21-23-25-27-29-31-42(64)80-35-38(83-43(65)32-30-28-26-24-22-19-16-14-12-10-8-6-4-2)36-82-90(78,79)89-58-56(87-60-54(76)48(70)45(67)40(34-63)85-60)51(73)50(72)52(74)57(58)88-61-55(77)49(71)46(68)41(86-61)37-81-59-53(75)47(69)44(66)39(33-62)84-59/h38-41,44-63,66-77H,3-37H2,1-2H3,(H,78,79)/t38-,39?,40?,41?,44+,45-,46+,47?,48?,49?,50+,51?,52?,53+,54-,55+,56-,57?,58+,59-,60-,61+/m1/s1. The maximum Gasteiger partial charge on any atom is 0.472 e. The van der Waals surface area contributed by atoms with E-state index in [4.69, 9.17) is 46.9 Å². The van der Waals surface area contributed by atoms with Gasteiger partial charge in [0.15, 0.2) is 25.0 Å². The van der Waals surface area contributed by atoms with Crippen molar-refractivity contribution < 1.29 is 137 Å². The molecule has 530 valence electrons. The highest BCUT2D eigenvalue weighted by Gasteiger charge is 2.58. The van der Waals surface area contributed by atoms with E-state index in [0.717, 1.165) is 57.8 Å². The molecule has 3 saturated heterocycles. The van der Waals surface area contributed by atoms with Crippen LogP contribution in [0.2, 0.25) is 0 Å². The zero-order valence-corrected chi connectivity index (χ0v) is 53.8. The van der Waals surface area contributed by atoms with E-state index in [1.807, 2.05) is 0 Å². The lowest BCUT2D eigenvalue weighted by molar-refractivity contribution is -0.364. The Hall–Kier alpha value is -1.75. The molecule has 0 aromatic carbocycles. The lowest BCUT2D eigenvalue weighted by atomic mass is 9.84. The van der Waals surface area contributed by atoms with Crippen LogP contribution in [0.25, 0.3) is 0 Å². The van der Waals surface area contributed by atoms with Gasteiger partial charge in [-0.1, -0.05) is 181 Å². The number of esters is 2. The third-order valence-corrected chi connectivity index (χ3v) is 18.3. The number of carbonyl (C=O) groups excluding carboxylic acids is 2. The monoisotopic (exact) mass is 1320 g/mol. The van der Waals surface area contributed by atoms with Gasteiger partial charge in [0.05, 0.1) is 26.4 Å². The lowest BCUT2D eigenvalue weighted by Gasteiger charge is -2.49. The Morgan fingerprint density at radius 1 is 0.400 bits per heavy atom. The van der Waals surface area contributed by atoms with Crippen LogP contribution in [-0.2, 0) is 61.1 Å². The van der Waals surface area contributed by atoms with Crippen LogP contribution >= 0.6 is 7.82 Å². The van der Waals surface area contributed by atoms with Gasteiger partial charge in [-0.2, -0.15) is 0 Å². The number of hydrogen-bond donors (Lipinski definition) is 15. The number of rotatable bonds is 47. The number of unbranched alkanes of at least 4 members (excludes halogenated alkanes) is 26. The number of phosphoric acid groups is 1. The Kier molecular flexibility index (Phi) is 39.6. The Balaban J connectivity index is 1.48. The highest BCUT2D eigenvalue weighted by Crippen LogP contribution is 2.49. The number of phosphoric ester groups is 1. The van der Waals surface area contributed by atoms with Crippen LogP contribution in [-0.4, -0.2) is 256 Å².